The summed E-state index contributed by atoms with van der Waals surface area (Å²) in [6.45, 7) is 7.25. The molecule has 0 aliphatic carbocycles. The summed E-state index contributed by atoms with van der Waals surface area (Å²) < 4.78 is 10.7. The third kappa shape index (κ3) is 3.94. The van der Waals surface area contributed by atoms with Gasteiger partial charge in [0.25, 0.3) is 0 Å². The van der Waals surface area contributed by atoms with Crippen LogP contribution in [0.15, 0.2) is 45.4 Å². The predicted octanol–water partition coefficient (Wildman–Crippen LogP) is 2.35. The van der Waals surface area contributed by atoms with E-state index in [2.05, 4.69) is 25.1 Å². The fourth-order valence-electron chi connectivity index (χ4n) is 3.05. The summed E-state index contributed by atoms with van der Waals surface area (Å²) in [5, 5.41) is 8.02. The Kier molecular flexibility index (Phi) is 4.58. The molecule has 7 heteroatoms. The second-order valence-electron chi connectivity index (χ2n) is 6.33. The van der Waals surface area contributed by atoms with Gasteiger partial charge in [-0.25, -0.2) is 0 Å². The number of nitrogens with zero attached hydrogens (tertiary/aromatic N) is 5. The van der Waals surface area contributed by atoms with Crippen molar-refractivity contribution in [1.82, 2.24) is 25.1 Å². The van der Waals surface area contributed by atoms with Gasteiger partial charge in [-0.05, 0) is 6.92 Å². The van der Waals surface area contributed by atoms with Crippen molar-refractivity contribution in [3.05, 3.63) is 53.9 Å². The summed E-state index contributed by atoms with van der Waals surface area (Å²) in [6.07, 6.45) is 0. The van der Waals surface area contributed by atoms with E-state index in [0.717, 1.165) is 56.3 Å². The lowest BCUT2D eigenvalue weighted by Gasteiger charge is -2.33. The molecule has 0 N–H and O–H groups in total. The summed E-state index contributed by atoms with van der Waals surface area (Å²) in [5.74, 6) is 2.28. The third-order valence-corrected chi connectivity index (χ3v) is 4.40. The van der Waals surface area contributed by atoms with Crippen LogP contribution in [0.4, 0.5) is 0 Å². The van der Waals surface area contributed by atoms with Crippen LogP contribution >= 0.6 is 0 Å². The molecule has 0 atom stereocenters. The quantitative estimate of drug-likeness (QED) is 0.706. The van der Waals surface area contributed by atoms with Gasteiger partial charge in [-0.1, -0.05) is 40.6 Å². The highest BCUT2D eigenvalue weighted by Gasteiger charge is 2.20. The number of aryl methyl sites for hydroxylation is 1. The molecule has 1 aliphatic heterocycles. The Morgan fingerprint density at radius 3 is 2.32 bits per heavy atom. The maximum atomic E-state index is 5.51. The lowest BCUT2D eigenvalue weighted by atomic mass is 10.1. The molecule has 0 saturated carbocycles. The molecule has 0 unspecified atom stereocenters. The molecule has 3 aromatic rings. The van der Waals surface area contributed by atoms with E-state index >= 15 is 0 Å². The van der Waals surface area contributed by atoms with Crippen LogP contribution in [0, 0.1) is 6.92 Å². The minimum absolute atomic E-state index is 0.688. The van der Waals surface area contributed by atoms with Crippen molar-refractivity contribution in [2.75, 3.05) is 26.2 Å². The van der Waals surface area contributed by atoms with Crippen LogP contribution in [-0.2, 0) is 13.1 Å². The first-order chi connectivity index (χ1) is 12.3. The number of benzene rings is 1. The van der Waals surface area contributed by atoms with Crippen LogP contribution in [0.2, 0.25) is 0 Å². The largest absolute Gasteiger partial charge is 0.359 e. The van der Waals surface area contributed by atoms with Crippen LogP contribution in [-0.4, -0.2) is 51.3 Å². The zero-order valence-electron chi connectivity index (χ0n) is 14.3. The SMILES string of the molecule is Cc1noc(CN2CCN(Cc3cc(-c4ccccc4)no3)CC2)n1. The molecule has 0 amide bonds. The Labute approximate surface area is 146 Å². The van der Waals surface area contributed by atoms with Crippen molar-refractivity contribution in [3.8, 4) is 11.3 Å². The van der Waals surface area contributed by atoms with E-state index in [1.54, 1.807) is 0 Å². The molecule has 0 spiro atoms. The van der Waals surface area contributed by atoms with Crippen LogP contribution < -0.4 is 0 Å². The van der Waals surface area contributed by atoms with E-state index in [1.165, 1.54) is 0 Å². The van der Waals surface area contributed by atoms with E-state index in [-0.39, 0.29) is 0 Å². The molecule has 25 heavy (non-hydrogen) atoms. The first-order valence-electron chi connectivity index (χ1n) is 8.51. The van der Waals surface area contributed by atoms with Crippen molar-refractivity contribution in [2.24, 2.45) is 0 Å². The third-order valence-electron chi connectivity index (χ3n) is 4.40. The average molecular weight is 339 g/mol. The number of aromatic nitrogens is 3. The minimum Gasteiger partial charge on any atom is -0.359 e. The van der Waals surface area contributed by atoms with Gasteiger partial charge in [0.1, 0.15) is 5.69 Å². The van der Waals surface area contributed by atoms with Gasteiger partial charge in [0.05, 0.1) is 13.1 Å². The van der Waals surface area contributed by atoms with E-state index < -0.39 is 0 Å². The smallest absolute Gasteiger partial charge is 0.240 e. The summed E-state index contributed by atoms with van der Waals surface area (Å²) in [5.41, 5.74) is 1.97. The molecule has 130 valence electrons. The molecule has 1 saturated heterocycles. The van der Waals surface area contributed by atoms with E-state index in [9.17, 15) is 0 Å². The van der Waals surface area contributed by atoms with Gasteiger partial charge in [0.2, 0.25) is 5.89 Å². The summed E-state index contributed by atoms with van der Waals surface area (Å²) in [6, 6.07) is 12.1. The molecule has 1 aromatic carbocycles. The van der Waals surface area contributed by atoms with Crippen molar-refractivity contribution >= 4 is 0 Å². The van der Waals surface area contributed by atoms with Gasteiger partial charge in [0.15, 0.2) is 11.6 Å². The Morgan fingerprint density at radius 1 is 0.920 bits per heavy atom. The monoisotopic (exact) mass is 339 g/mol. The molecule has 1 fully saturated rings. The summed E-state index contributed by atoms with van der Waals surface area (Å²) in [7, 11) is 0. The predicted molar refractivity (Wildman–Crippen MR) is 91.5 cm³/mol. The molecule has 3 heterocycles. The second kappa shape index (κ2) is 7.16. The van der Waals surface area contributed by atoms with E-state index in [4.69, 9.17) is 9.05 Å². The van der Waals surface area contributed by atoms with Crippen LogP contribution in [0.3, 0.4) is 0 Å². The number of piperazine rings is 1. The average Bonchev–Trinajstić information content (AvgIpc) is 3.27. The van der Waals surface area contributed by atoms with Gasteiger partial charge < -0.3 is 9.05 Å². The van der Waals surface area contributed by atoms with Gasteiger partial charge >= 0.3 is 0 Å². The molecular weight excluding hydrogens is 318 g/mol. The normalized spacial score (nSPS) is 16.4. The molecular formula is C18H21N5O2. The Balaban J connectivity index is 1.29. The van der Waals surface area contributed by atoms with Gasteiger partial charge in [-0.3, -0.25) is 9.80 Å². The minimum atomic E-state index is 0.688. The fourth-order valence-corrected chi connectivity index (χ4v) is 3.05. The Morgan fingerprint density at radius 2 is 1.64 bits per heavy atom. The first kappa shape index (κ1) is 16.0. The lowest BCUT2D eigenvalue weighted by Crippen LogP contribution is -2.45. The maximum absolute atomic E-state index is 5.51. The number of rotatable bonds is 5. The highest BCUT2D eigenvalue weighted by molar-refractivity contribution is 5.58. The molecule has 0 bridgehead atoms. The van der Waals surface area contributed by atoms with Crippen LogP contribution in [0.5, 0.6) is 0 Å². The number of hydrogen-bond acceptors (Lipinski definition) is 7. The van der Waals surface area contributed by atoms with Crippen molar-refractivity contribution in [1.29, 1.82) is 0 Å². The molecule has 1 aliphatic rings. The second-order valence-corrected chi connectivity index (χ2v) is 6.33. The number of hydrogen-bond donors (Lipinski definition) is 0. The maximum Gasteiger partial charge on any atom is 0.240 e. The standard InChI is InChI=1S/C18H21N5O2/c1-14-19-18(25-20-14)13-23-9-7-22(8-10-23)12-16-11-17(21-24-16)15-5-3-2-4-6-15/h2-6,11H,7-10,12-13H2,1H3. The Bertz CT molecular complexity index is 806. The van der Waals surface area contributed by atoms with Crippen molar-refractivity contribution in [2.45, 2.75) is 20.0 Å². The molecule has 7 nitrogen and oxygen atoms in total. The van der Waals surface area contributed by atoms with Crippen LogP contribution in [0.25, 0.3) is 11.3 Å². The van der Waals surface area contributed by atoms with Crippen LogP contribution in [0.1, 0.15) is 17.5 Å². The fraction of sp³-hybridized carbons (Fsp3) is 0.389. The molecule has 2 aromatic heterocycles. The summed E-state index contributed by atoms with van der Waals surface area (Å²) >= 11 is 0. The highest BCUT2D eigenvalue weighted by atomic mass is 16.5. The zero-order chi connectivity index (χ0) is 17.1. The van der Waals surface area contributed by atoms with E-state index in [0.29, 0.717) is 11.7 Å². The van der Waals surface area contributed by atoms with Gasteiger partial charge in [0, 0.05) is 37.8 Å². The topological polar surface area (TPSA) is 71.4 Å². The first-order valence-corrected chi connectivity index (χ1v) is 8.51. The van der Waals surface area contributed by atoms with Crippen molar-refractivity contribution < 1.29 is 9.05 Å². The molecule has 4 rings (SSSR count). The van der Waals surface area contributed by atoms with Gasteiger partial charge in [-0.15, -0.1) is 0 Å². The van der Waals surface area contributed by atoms with E-state index in [1.807, 2.05) is 43.3 Å². The summed E-state index contributed by atoms with van der Waals surface area (Å²) in [4.78, 5) is 8.98. The lowest BCUT2D eigenvalue weighted by molar-refractivity contribution is 0.105. The van der Waals surface area contributed by atoms with Gasteiger partial charge in [-0.2, -0.15) is 4.98 Å². The Hall–Kier alpha value is -2.51. The zero-order valence-corrected chi connectivity index (χ0v) is 14.3. The highest BCUT2D eigenvalue weighted by Crippen LogP contribution is 2.20. The van der Waals surface area contributed by atoms with Crippen molar-refractivity contribution in [3.63, 3.8) is 0 Å². The molecule has 0 radical (unpaired) electrons.